The van der Waals surface area contributed by atoms with E-state index in [1.165, 1.54) is 11.5 Å². The number of nitrogens with one attached hydrogen (secondary N) is 1. The van der Waals surface area contributed by atoms with E-state index >= 15 is 0 Å². The molecule has 1 fully saturated rings. The van der Waals surface area contributed by atoms with Crippen LogP contribution in [0.2, 0.25) is 0 Å². The van der Waals surface area contributed by atoms with Gasteiger partial charge in [0.05, 0.1) is 5.69 Å². The van der Waals surface area contributed by atoms with Crippen molar-refractivity contribution < 1.29 is 9.53 Å². The van der Waals surface area contributed by atoms with Crippen LogP contribution in [0.4, 0.5) is 4.79 Å². The van der Waals surface area contributed by atoms with Crippen molar-refractivity contribution in [2.45, 2.75) is 65.5 Å². The predicted molar refractivity (Wildman–Crippen MR) is 96.0 cm³/mol. The smallest absolute Gasteiger partial charge is 0.410 e. The van der Waals surface area contributed by atoms with Crippen molar-refractivity contribution in [2.24, 2.45) is 5.41 Å². The Labute approximate surface area is 149 Å². The fraction of sp³-hybridized carbons (Fsp3) is 0.824. The number of aromatic nitrogens is 2. The molecule has 2 rings (SSSR count). The highest BCUT2D eigenvalue weighted by Gasteiger charge is 2.37. The van der Waals surface area contributed by atoms with E-state index in [0.717, 1.165) is 57.6 Å². The predicted octanol–water partition coefficient (Wildman–Crippen LogP) is 3.45. The molecule has 1 aromatic rings. The van der Waals surface area contributed by atoms with Gasteiger partial charge in [-0.15, -0.1) is 5.10 Å². The fourth-order valence-electron chi connectivity index (χ4n) is 3.37. The van der Waals surface area contributed by atoms with Gasteiger partial charge in [0, 0.05) is 37.0 Å². The lowest BCUT2D eigenvalue weighted by Gasteiger charge is -2.43. The summed E-state index contributed by atoms with van der Waals surface area (Å²) in [4.78, 5) is 14.3. The fourth-order valence-corrected chi connectivity index (χ4v) is 3.83. The van der Waals surface area contributed by atoms with E-state index in [4.69, 9.17) is 4.74 Å². The second-order valence-electron chi connectivity index (χ2n) is 7.76. The van der Waals surface area contributed by atoms with E-state index < -0.39 is 5.60 Å². The van der Waals surface area contributed by atoms with E-state index in [2.05, 4.69) is 21.8 Å². The summed E-state index contributed by atoms with van der Waals surface area (Å²) in [5, 5.41) is 9.55. The highest BCUT2D eigenvalue weighted by atomic mass is 32.1. The van der Waals surface area contributed by atoms with Crippen LogP contribution in [-0.2, 0) is 11.3 Å². The third kappa shape index (κ3) is 5.70. The topological polar surface area (TPSA) is 67.4 Å². The number of amides is 1. The molecule has 0 saturated carbocycles. The van der Waals surface area contributed by atoms with Crippen LogP contribution in [0.25, 0.3) is 0 Å². The molecule has 0 aromatic carbocycles. The molecule has 6 nitrogen and oxygen atoms in total. The summed E-state index contributed by atoms with van der Waals surface area (Å²) in [5.41, 5.74) is 0.650. The summed E-state index contributed by atoms with van der Waals surface area (Å²) in [5.74, 6) is 0. The minimum Gasteiger partial charge on any atom is -0.444 e. The normalized spacial score (nSPS) is 21.8. The summed E-state index contributed by atoms with van der Waals surface area (Å²) in [6.45, 7) is 11.1. The molecule has 1 aromatic heterocycles. The van der Waals surface area contributed by atoms with Crippen molar-refractivity contribution >= 4 is 17.6 Å². The van der Waals surface area contributed by atoms with Crippen molar-refractivity contribution in [1.82, 2.24) is 19.8 Å². The highest BCUT2D eigenvalue weighted by Crippen LogP contribution is 2.34. The summed E-state index contributed by atoms with van der Waals surface area (Å²) in [7, 11) is 0. The molecular weight excluding hydrogens is 324 g/mol. The highest BCUT2D eigenvalue weighted by molar-refractivity contribution is 7.03. The van der Waals surface area contributed by atoms with E-state index in [1.54, 1.807) is 0 Å². The standard InChI is InChI=1S/C17H30N4O2S/c1-5-7-17(12-18-10-14-11-24-20-19-14)8-6-9-21(13-17)15(22)23-16(2,3)4/h11,18H,5-10,12-13H2,1-4H3. The zero-order valence-electron chi connectivity index (χ0n) is 15.3. The molecule has 0 aliphatic carbocycles. The van der Waals surface area contributed by atoms with Crippen molar-refractivity contribution in [1.29, 1.82) is 0 Å². The molecule has 1 unspecified atom stereocenters. The molecule has 1 atom stereocenters. The van der Waals surface area contributed by atoms with Gasteiger partial charge in [-0.05, 0) is 51.6 Å². The Morgan fingerprint density at radius 2 is 2.29 bits per heavy atom. The number of likely N-dealkylation sites (tertiary alicyclic amines) is 1. The van der Waals surface area contributed by atoms with Crippen molar-refractivity contribution in [3.05, 3.63) is 11.1 Å². The second-order valence-corrected chi connectivity index (χ2v) is 8.37. The van der Waals surface area contributed by atoms with Gasteiger partial charge in [-0.1, -0.05) is 17.8 Å². The number of rotatable bonds is 6. The number of ether oxygens (including phenoxy) is 1. The summed E-state index contributed by atoms with van der Waals surface area (Å²) < 4.78 is 9.45. The molecule has 1 N–H and O–H groups in total. The molecule has 2 heterocycles. The van der Waals surface area contributed by atoms with Crippen LogP contribution in [-0.4, -0.2) is 45.8 Å². The Kier molecular flexibility index (Phi) is 6.57. The third-order valence-corrected chi connectivity index (χ3v) is 4.86. The molecule has 1 saturated heterocycles. The quantitative estimate of drug-likeness (QED) is 0.847. The molecule has 1 amide bonds. The average Bonchev–Trinajstić information content (AvgIpc) is 2.99. The van der Waals surface area contributed by atoms with Crippen LogP contribution in [0.15, 0.2) is 5.38 Å². The second kappa shape index (κ2) is 8.25. The van der Waals surface area contributed by atoms with Gasteiger partial charge in [-0.3, -0.25) is 0 Å². The lowest BCUT2D eigenvalue weighted by molar-refractivity contribution is 0.00233. The zero-order chi connectivity index (χ0) is 17.6. The number of carbonyl (C=O) groups is 1. The van der Waals surface area contributed by atoms with Gasteiger partial charge in [-0.2, -0.15) is 0 Å². The number of hydrogen-bond donors (Lipinski definition) is 1. The molecule has 1 aliphatic rings. The first kappa shape index (κ1) is 19.1. The molecule has 7 heteroatoms. The van der Waals surface area contributed by atoms with Gasteiger partial charge < -0.3 is 15.0 Å². The zero-order valence-corrected chi connectivity index (χ0v) is 16.1. The van der Waals surface area contributed by atoms with Gasteiger partial charge >= 0.3 is 6.09 Å². The van der Waals surface area contributed by atoms with Gasteiger partial charge in [0.25, 0.3) is 0 Å². The number of carbonyl (C=O) groups excluding carboxylic acids is 1. The number of hydrogen-bond acceptors (Lipinski definition) is 6. The van der Waals surface area contributed by atoms with Crippen LogP contribution in [0.5, 0.6) is 0 Å². The lowest BCUT2D eigenvalue weighted by atomic mass is 9.76. The van der Waals surface area contributed by atoms with Crippen molar-refractivity contribution in [3.63, 3.8) is 0 Å². The number of nitrogens with zero attached hydrogens (tertiary/aromatic N) is 3. The Morgan fingerprint density at radius 3 is 2.92 bits per heavy atom. The first-order chi connectivity index (χ1) is 11.3. The Hall–Kier alpha value is -1.21. The van der Waals surface area contributed by atoms with Crippen molar-refractivity contribution in [2.75, 3.05) is 19.6 Å². The summed E-state index contributed by atoms with van der Waals surface area (Å²) in [6, 6.07) is 0. The molecule has 136 valence electrons. The first-order valence-electron chi connectivity index (χ1n) is 8.78. The molecule has 0 bridgehead atoms. The van der Waals surface area contributed by atoms with Crippen LogP contribution in [0.3, 0.4) is 0 Å². The minimum absolute atomic E-state index is 0.118. The van der Waals surface area contributed by atoms with Crippen LogP contribution in [0, 0.1) is 5.41 Å². The van der Waals surface area contributed by atoms with E-state index in [9.17, 15) is 4.79 Å². The lowest BCUT2D eigenvalue weighted by Crippen LogP contribution is -2.51. The van der Waals surface area contributed by atoms with Crippen LogP contribution in [0.1, 0.15) is 59.1 Å². The maximum absolute atomic E-state index is 12.4. The van der Waals surface area contributed by atoms with Gasteiger partial charge in [0.1, 0.15) is 5.60 Å². The van der Waals surface area contributed by atoms with Gasteiger partial charge in [0.2, 0.25) is 0 Å². The monoisotopic (exact) mass is 354 g/mol. The molecule has 0 radical (unpaired) electrons. The molecular formula is C17H30N4O2S. The van der Waals surface area contributed by atoms with E-state index in [1.807, 2.05) is 31.1 Å². The molecule has 24 heavy (non-hydrogen) atoms. The minimum atomic E-state index is -0.447. The SMILES string of the molecule is CCCC1(CNCc2csnn2)CCCN(C(=O)OC(C)(C)C)C1. The number of piperidine rings is 1. The largest absolute Gasteiger partial charge is 0.444 e. The molecule has 0 spiro atoms. The molecule has 1 aliphatic heterocycles. The van der Waals surface area contributed by atoms with E-state index in [0.29, 0.717) is 0 Å². The van der Waals surface area contributed by atoms with E-state index in [-0.39, 0.29) is 11.5 Å². The summed E-state index contributed by atoms with van der Waals surface area (Å²) >= 11 is 1.37. The van der Waals surface area contributed by atoms with Gasteiger partial charge in [-0.25, -0.2) is 4.79 Å². The maximum atomic E-state index is 12.4. The summed E-state index contributed by atoms with van der Waals surface area (Å²) in [6.07, 6.45) is 4.20. The third-order valence-electron chi connectivity index (χ3n) is 4.30. The van der Waals surface area contributed by atoms with Gasteiger partial charge in [0.15, 0.2) is 0 Å². The first-order valence-corrected chi connectivity index (χ1v) is 9.62. The van der Waals surface area contributed by atoms with Crippen LogP contribution < -0.4 is 5.32 Å². The Morgan fingerprint density at radius 1 is 1.50 bits per heavy atom. The Bertz CT molecular complexity index is 511. The van der Waals surface area contributed by atoms with Crippen molar-refractivity contribution in [3.8, 4) is 0 Å². The maximum Gasteiger partial charge on any atom is 0.410 e. The average molecular weight is 355 g/mol. The van der Waals surface area contributed by atoms with Crippen LogP contribution >= 0.6 is 11.5 Å². The Balaban J connectivity index is 1.95.